The maximum atomic E-state index is 13.9. The van der Waals surface area contributed by atoms with Crippen molar-refractivity contribution in [1.29, 1.82) is 0 Å². The number of nitrogens with zero attached hydrogens (tertiary/aromatic N) is 2. The van der Waals surface area contributed by atoms with Crippen LogP contribution in [-0.2, 0) is 19.9 Å². The minimum atomic E-state index is -0.155. The second-order valence-corrected chi connectivity index (χ2v) is 6.32. The molecule has 2 aromatic rings. The summed E-state index contributed by atoms with van der Waals surface area (Å²) in [6, 6.07) is 5.26. The van der Waals surface area contributed by atoms with Crippen molar-refractivity contribution < 1.29 is 4.39 Å². The third-order valence-electron chi connectivity index (χ3n) is 3.99. The highest BCUT2D eigenvalue weighted by molar-refractivity contribution is 9.10. The van der Waals surface area contributed by atoms with Gasteiger partial charge in [0, 0.05) is 23.3 Å². The van der Waals surface area contributed by atoms with Crippen LogP contribution < -0.4 is 5.32 Å². The molecule has 2 rings (SSSR count). The molecule has 0 saturated heterocycles. The second kappa shape index (κ2) is 6.71. The van der Waals surface area contributed by atoms with Crippen LogP contribution in [0.15, 0.2) is 22.7 Å². The van der Waals surface area contributed by atoms with Crippen molar-refractivity contribution in [2.45, 2.75) is 32.7 Å². The third-order valence-corrected chi connectivity index (χ3v) is 4.48. The summed E-state index contributed by atoms with van der Waals surface area (Å²) in [6.07, 6.45) is 1.49. The Morgan fingerprint density at radius 1 is 1.33 bits per heavy atom. The summed E-state index contributed by atoms with van der Waals surface area (Å²) in [7, 11) is 3.87. The lowest BCUT2D eigenvalue weighted by molar-refractivity contribution is 0.530. The summed E-state index contributed by atoms with van der Waals surface area (Å²) in [6.45, 7) is 4.09. The predicted molar refractivity (Wildman–Crippen MR) is 87.0 cm³/mol. The summed E-state index contributed by atoms with van der Waals surface area (Å²) in [5, 5.41) is 7.73. The molecule has 1 atom stereocenters. The molecule has 0 radical (unpaired) electrons. The molecule has 5 heteroatoms. The number of aryl methyl sites for hydroxylation is 2. The molecule has 0 aliphatic heterocycles. The van der Waals surface area contributed by atoms with Crippen LogP contribution in [0.4, 0.5) is 4.39 Å². The topological polar surface area (TPSA) is 29.9 Å². The molecule has 0 bridgehead atoms. The monoisotopic (exact) mass is 353 g/mol. The van der Waals surface area contributed by atoms with E-state index in [2.05, 4.69) is 33.3 Å². The highest BCUT2D eigenvalue weighted by atomic mass is 79.9. The van der Waals surface area contributed by atoms with Crippen LogP contribution in [0.3, 0.4) is 0 Å². The summed E-state index contributed by atoms with van der Waals surface area (Å²) in [5.41, 5.74) is 4.18. The van der Waals surface area contributed by atoms with Gasteiger partial charge in [0.2, 0.25) is 0 Å². The van der Waals surface area contributed by atoms with Crippen LogP contribution >= 0.6 is 15.9 Å². The van der Waals surface area contributed by atoms with Gasteiger partial charge in [-0.3, -0.25) is 4.68 Å². The molecule has 1 unspecified atom stereocenters. The number of likely N-dealkylation sites (N-methyl/N-ethyl adjacent to an activating group) is 1. The number of hydrogen-bond acceptors (Lipinski definition) is 2. The van der Waals surface area contributed by atoms with Crippen LogP contribution in [0.25, 0.3) is 0 Å². The molecule has 21 heavy (non-hydrogen) atoms. The predicted octanol–water partition coefficient (Wildman–Crippen LogP) is 3.31. The molecular weight excluding hydrogens is 333 g/mol. The highest BCUT2D eigenvalue weighted by Gasteiger charge is 2.17. The number of rotatable bonds is 5. The molecule has 1 heterocycles. The van der Waals surface area contributed by atoms with E-state index in [4.69, 9.17) is 0 Å². The van der Waals surface area contributed by atoms with Gasteiger partial charge in [0.1, 0.15) is 5.82 Å². The van der Waals surface area contributed by atoms with Gasteiger partial charge < -0.3 is 5.32 Å². The van der Waals surface area contributed by atoms with Gasteiger partial charge in [-0.05, 0) is 63.1 Å². The molecule has 0 amide bonds. The zero-order valence-electron chi connectivity index (χ0n) is 12.9. The largest absolute Gasteiger partial charge is 0.316 e. The minimum Gasteiger partial charge on any atom is -0.316 e. The number of halogens is 2. The first-order valence-electron chi connectivity index (χ1n) is 7.02. The molecular formula is C16H21BrFN3. The Morgan fingerprint density at radius 2 is 2.05 bits per heavy atom. The van der Waals surface area contributed by atoms with Crippen molar-refractivity contribution in [3.8, 4) is 0 Å². The fraction of sp³-hybridized carbons (Fsp3) is 0.438. The number of hydrogen-bond donors (Lipinski definition) is 1. The lowest BCUT2D eigenvalue weighted by atomic mass is 9.97. The van der Waals surface area contributed by atoms with E-state index in [0.29, 0.717) is 6.42 Å². The lowest BCUT2D eigenvalue weighted by Crippen LogP contribution is -2.30. The van der Waals surface area contributed by atoms with E-state index in [1.165, 1.54) is 17.3 Å². The van der Waals surface area contributed by atoms with Crippen molar-refractivity contribution in [2.24, 2.45) is 7.05 Å². The van der Waals surface area contributed by atoms with Gasteiger partial charge in [0.15, 0.2) is 0 Å². The minimum absolute atomic E-state index is 0.155. The van der Waals surface area contributed by atoms with E-state index in [1.807, 2.05) is 31.8 Å². The van der Waals surface area contributed by atoms with Crippen molar-refractivity contribution in [2.75, 3.05) is 7.05 Å². The molecule has 0 saturated carbocycles. The Hall–Kier alpha value is -1.20. The van der Waals surface area contributed by atoms with Crippen LogP contribution in [0, 0.1) is 19.7 Å². The van der Waals surface area contributed by atoms with E-state index >= 15 is 0 Å². The van der Waals surface area contributed by atoms with Crippen molar-refractivity contribution >= 4 is 15.9 Å². The van der Waals surface area contributed by atoms with Crippen LogP contribution in [0.2, 0.25) is 0 Å². The van der Waals surface area contributed by atoms with Gasteiger partial charge in [-0.25, -0.2) is 4.39 Å². The van der Waals surface area contributed by atoms with E-state index in [9.17, 15) is 4.39 Å². The standard InChI is InChI=1S/C16H21BrFN3/c1-10-15(11(2)21(4)20-10)9-14(19-3)8-12-7-13(17)5-6-16(12)18/h5-7,14,19H,8-9H2,1-4H3. The average Bonchev–Trinajstić information content (AvgIpc) is 2.68. The SMILES string of the molecule is CNC(Cc1cc(Br)ccc1F)Cc1c(C)nn(C)c1C. The zero-order valence-corrected chi connectivity index (χ0v) is 14.5. The number of benzene rings is 1. The second-order valence-electron chi connectivity index (χ2n) is 5.40. The van der Waals surface area contributed by atoms with Gasteiger partial charge in [0.25, 0.3) is 0 Å². The summed E-state index contributed by atoms with van der Waals surface area (Å²) < 4.78 is 16.7. The average molecular weight is 354 g/mol. The highest BCUT2D eigenvalue weighted by Crippen LogP contribution is 2.20. The first kappa shape index (κ1) is 16.2. The zero-order chi connectivity index (χ0) is 15.6. The summed E-state index contributed by atoms with van der Waals surface area (Å²) in [4.78, 5) is 0. The lowest BCUT2D eigenvalue weighted by Gasteiger charge is -2.17. The van der Waals surface area contributed by atoms with Crippen LogP contribution in [0.5, 0.6) is 0 Å². The molecule has 3 nitrogen and oxygen atoms in total. The first-order valence-corrected chi connectivity index (χ1v) is 7.82. The van der Waals surface area contributed by atoms with Crippen molar-refractivity contribution in [1.82, 2.24) is 15.1 Å². The van der Waals surface area contributed by atoms with Crippen molar-refractivity contribution in [3.63, 3.8) is 0 Å². The molecule has 0 spiro atoms. The number of aromatic nitrogens is 2. The fourth-order valence-electron chi connectivity index (χ4n) is 2.60. The first-order chi connectivity index (χ1) is 9.92. The summed E-state index contributed by atoms with van der Waals surface area (Å²) in [5.74, 6) is -0.155. The third kappa shape index (κ3) is 3.71. The number of nitrogens with one attached hydrogen (secondary N) is 1. The van der Waals surface area contributed by atoms with Gasteiger partial charge in [-0.15, -0.1) is 0 Å². The molecule has 0 aliphatic rings. The van der Waals surface area contributed by atoms with E-state index in [-0.39, 0.29) is 11.9 Å². The molecule has 0 aliphatic carbocycles. The maximum absolute atomic E-state index is 13.9. The van der Waals surface area contributed by atoms with Gasteiger partial charge in [0.05, 0.1) is 5.69 Å². The Bertz CT molecular complexity index is 637. The van der Waals surface area contributed by atoms with Gasteiger partial charge in [-0.1, -0.05) is 15.9 Å². The maximum Gasteiger partial charge on any atom is 0.126 e. The van der Waals surface area contributed by atoms with Gasteiger partial charge >= 0.3 is 0 Å². The Kier molecular flexibility index (Phi) is 5.17. The smallest absolute Gasteiger partial charge is 0.126 e. The Balaban J connectivity index is 2.19. The summed E-state index contributed by atoms with van der Waals surface area (Å²) >= 11 is 3.40. The molecule has 0 fully saturated rings. The normalized spacial score (nSPS) is 12.7. The van der Waals surface area contributed by atoms with E-state index < -0.39 is 0 Å². The van der Waals surface area contributed by atoms with Crippen LogP contribution in [0.1, 0.15) is 22.5 Å². The molecule has 114 valence electrons. The van der Waals surface area contributed by atoms with Crippen molar-refractivity contribution in [3.05, 3.63) is 51.0 Å². The Labute approximate surface area is 133 Å². The van der Waals surface area contributed by atoms with Crippen LogP contribution in [-0.4, -0.2) is 22.9 Å². The van der Waals surface area contributed by atoms with Gasteiger partial charge in [-0.2, -0.15) is 5.10 Å². The fourth-order valence-corrected chi connectivity index (χ4v) is 3.01. The quantitative estimate of drug-likeness (QED) is 0.893. The Morgan fingerprint density at radius 3 is 2.62 bits per heavy atom. The molecule has 1 aromatic heterocycles. The molecule has 1 N–H and O–H groups in total. The van der Waals surface area contributed by atoms with E-state index in [1.54, 1.807) is 6.07 Å². The molecule has 1 aromatic carbocycles. The van der Waals surface area contributed by atoms with E-state index in [0.717, 1.165) is 22.2 Å².